The summed E-state index contributed by atoms with van der Waals surface area (Å²) in [5, 5.41) is 5.84. The Hall–Kier alpha value is -1.37. The Morgan fingerprint density at radius 2 is 2.14 bits per heavy atom. The van der Waals surface area contributed by atoms with Gasteiger partial charge in [0.15, 0.2) is 0 Å². The first-order chi connectivity index (χ1) is 10.1. The number of halogens is 2. The van der Waals surface area contributed by atoms with Crippen molar-refractivity contribution in [3.05, 3.63) is 52.3 Å². The Bertz CT molecular complexity index is 723. The van der Waals surface area contributed by atoms with Crippen molar-refractivity contribution < 1.29 is 9.18 Å². The first-order valence-electron chi connectivity index (χ1n) is 6.33. The average molecular weight is 367 g/mol. The SMILES string of the molecule is CNC1C(=O)Nc2cc(Sc3cccc(F)c3)c(Br)cc21. The summed E-state index contributed by atoms with van der Waals surface area (Å²) in [7, 11) is 1.75. The van der Waals surface area contributed by atoms with E-state index in [1.807, 2.05) is 18.2 Å². The Labute approximate surface area is 134 Å². The van der Waals surface area contributed by atoms with Crippen LogP contribution in [0, 0.1) is 5.82 Å². The predicted octanol–water partition coefficient (Wildman–Crippen LogP) is 3.95. The predicted molar refractivity (Wildman–Crippen MR) is 85.1 cm³/mol. The molecule has 108 valence electrons. The molecule has 0 bridgehead atoms. The van der Waals surface area contributed by atoms with Gasteiger partial charge in [0.25, 0.3) is 0 Å². The number of carbonyl (C=O) groups excluding carboxylic acids is 1. The quantitative estimate of drug-likeness (QED) is 0.863. The van der Waals surface area contributed by atoms with Gasteiger partial charge >= 0.3 is 0 Å². The van der Waals surface area contributed by atoms with Gasteiger partial charge in [-0.2, -0.15) is 0 Å². The van der Waals surface area contributed by atoms with Gasteiger partial charge in [-0.25, -0.2) is 4.39 Å². The zero-order chi connectivity index (χ0) is 15.0. The van der Waals surface area contributed by atoms with Crippen molar-refractivity contribution in [3.8, 4) is 0 Å². The second kappa shape index (κ2) is 5.79. The first kappa shape index (κ1) is 14.6. The molecule has 0 saturated heterocycles. The summed E-state index contributed by atoms with van der Waals surface area (Å²) >= 11 is 4.97. The Morgan fingerprint density at radius 1 is 1.33 bits per heavy atom. The molecule has 21 heavy (non-hydrogen) atoms. The van der Waals surface area contributed by atoms with E-state index in [9.17, 15) is 9.18 Å². The van der Waals surface area contributed by atoms with Crippen molar-refractivity contribution in [3.63, 3.8) is 0 Å². The van der Waals surface area contributed by atoms with E-state index in [-0.39, 0.29) is 17.8 Å². The minimum atomic E-state index is -0.329. The van der Waals surface area contributed by atoms with Crippen LogP contribution in [0.4, 0.5) is 10.1 Å². The molecule has 2 aromatic rings. The van der Waals surface area contributed by atoms with Gasteiger partial charge in [0.1, 0.15) is 11.9 Å². The number of rotatable bonds is 3. The van der Waals surface area contributed by atoms with E-state index in [4.69, 9.17) is 0 Å². The Balaban J connectivity index is 1.95. The van der Waals surface area contributed by atoms with E-state index in [0.717, 1.165) is 25.5 Å². The molecule has 0 aliphatic carbocycles. The number of fused-ring (bicyclic) bond motifs is 1. The van der Waals surface area contributed by atoms with Crippen molar-refractivity contribution >= 4 is 39.3 Å². The van der Waals surface area contributed by atoms with E-state index in [0.29, 0.717) is 0 Å². The number of likely N-dealkylation sites (N-methyl/N-ethyl adjacent to an activating group) is 1. The monoisotopic (exact) mass is 366 g/mol. The van der Waals surface area contributed by atoms with E-state index >= 15 is 0 Å². The number of anilines is 1. The molecule has 0 aromatic heterocycles. The lowest BCUT2D eigenvalue weighted by Gasteiger charge is -2.10. The molecule has 6 heteroatoms. The van der Waals surface area contributed by atoms with Crippen LogP contribution in [-0.2, 0) is 4.79 Å². The largest absolute Gasteiger partial charge is 0.324 e. The highest BCUT2D eigenvalue weighted by Crippen LogP contribution is 2.41. The molecule has 2 aromatic carbocycles. The van der Waals surface area contributed by atoms with E-state index in [2.05, 4.69) is 26.6 Å². The molecule has 1 heterocycles. The van der Waals surface area contributed by atoms with Crippen LogP contribution >= 0.6 is 27.7 Å². The highest BCUT2D eigenvalue weighted by Gasteiger charge is 2.30. The smallest absolute Gasteiger partial charge is 0.246 e. The summed E-state index contributed by atoms with van der Waals surface area (Å²) in [6, 6.07) is 9.93. The maximum absolute atomic E-state index is 13.2. The number of hydrogen-bond acceptors (Lipinski definition) is 3. The molecule has 1 atom stereocenters. The van der Waals surface area contributed by atoms with Crippen LogP contribution in [0.5, 0.6) is 0 Å². The number of amides is 1. The Morgan fingerprint density at radius 3 is 2.86 bits per heavy atom. The second-order valence-electron chi connectivity index (χ2n) is 4.64. The van der Waals surface area contributed by atoms with Crippen LogP contribution in [0.1, 0.15) is 11.6 Å². The number of carbonyl (C=O) groups is 1. The molecule has 3 nitrogen and oxygen atoms in total. The highest BCUT2D eigenvalue weighted by molar-refractivity contribution is 9.10. The minimum Gasteiger partial charge on any atom is -0.324 e. The molecular weight excluding hydrogens is 355 g/mol. The summed E-state index contributed by atoms with van der Waals surface area (Å²) in [5.41, 5.74) is 1.71. The van der Waals surface area contributed by atoms with Crippen molar-refractivity contribution in [2.45, 2.75) is 15.8 Å². The molecule has 0 fully saturated rings. The Kier molecular flexibility index (Phi) is 4.01. The lowest BCUT2D eigenvalue weighted by atomic mass is 10.1. The summed E-state index contributed by atoms with van der Waals surface area (Å²) in [4.78, 5) is 13.6. The van der Waals surface area contributed by atoms with Gasteiger partial charge in [-0.1, -0.05) is 17.8 Å². The van der Waals surface area contributed by atoms with Gasteiger partial charge in [0.05, 0.1) is 0 Å². The lowest BCUT2D eigenvalue weighted by Crippen LogP contribution is -2.23. The highest BCUT2D eigenvalue weighted by atomic mass is 79.9. The third-order valence-corrected chi connectivity index (χ3v) is 5.21. The third-order valence-electron chi connectivity index (χ3n) is 3.25. The van der Waals surface area contributed by atoms with Gasteiger partial charge in [0, 0.05) is 25.5 Å². The standard InChI is InChI=1S/C15H12BrFN2OS/c1-18-14-10-6-11(16)13(7-12(10)19-15(14)20)21-9-4-2-3-8(17)5-9/h2-7,14,18H,1H3,(H,19,20). The summed E-state index contributed by atoms with van der Waals surface area (Å²) in [6.07, 6.45) is 0. The maximum Gasteiger partial charge on any atom is 0.246 e. The van der Waals surface area contributed by atoms with Gasteiger partial charge in [-0.05, 0) is 53.3 Å². The fourth-order valence-electron chi connectivity index (χ4n) is 2.28. The molecule has 1 unspecified atom stereocenters. The molecule has 3 rings (SSSR count). The minimum absolute atomic E-state index is 0.0627. The first-order valence-corrected chi connectivity index (χ1v) is 7.94. The summed E-state index contributed by atoms with van der Waals surface area (Å²) in [5.74, 6) is -0.326. The van der Waals surface area contributed by atoms with Gasteiger partial charge < -0.3 is 10.6 Å². The zero-order valence-corrected chi connectivity index (χ0v) is 13.5. The van der Waals surface area contributed by atoms with E-state index in [1.165, 1.54) is 23.9 Å². The van der Waals surface area contributed by atoms with E-state index < -0.39 is 0 Å². The molecule has 0 spiro atoms. The summed E-state index contributed by atoms with van der Waals surface area (Å²) in [6.45, 7) is 0. The molecule has 1 aliphatic heterocycles. The fourth-order valence-corrected chi connectivity index (χ4v) is 3.79. The fraction of sp³-hybridized carbons (Fsp3) is 0.133. The van der Waals surface area contributed by atoms with Crippen LogP contribution in [0.25, 0.3) is 0 Å². The lowest BCUT2D eigenvalue weighted by molar-refractivity contribution is -0.117. The van der Waals surface area contributed by atoms with Crippen molar-refractivity contribution in [1.29, 1.82) is 0 Å². The van der Waals surface area contributed by atoms with Crippen LogP contribution in [-0.4, -0.2) is 13.0 Å². The summed E-state index contributed by atoms with van der Waals surface area (Å²) < 4.78 is 14.1. The average Bonchev–Trinajstić information content (AvgIpc) is 2.74. The van der Waals surface area contributed by atoms with Crippen LogP contribution < -0.4 is 10.6 Å². The van der Waals surface area contributed by atoms with Gasteiger partial charge in [0.2, 0.25) is 5.91 Å². The van der Waals surface area contributed by atoms with Gasteiger partial charge in [-0.15, -0.1) is 0 Å². The molecule has 2 N–H and O–H groups in total. The molecule has 0 saturated carbocycles. The van der Waals surface area contributed by atoms with E-state index in [1.54, 1.807) is 13.1 Å². The van der Waals surface area contributed by atoms with Crippen molar-refractivity contribution in [1.82, 2.24) is 5.32 Å². The number of benzene rings is 2. The topological polar surface area (TPSA) is 41.1 Å². The normalized spacial score (nSPS) is 16.7. The molecular formula is C15H12BrFN2OS. The molecule has 1 aliphatic rings. The van der Waals surface area contributed by atoms with Crippen LogP contribution in [0.3, 0.4) is 0 Å². The second-order valence-corrected chi connectivity index (χ2v) is 6.61. The third kappa shape index (κ3) is 2.84. The molecule has 1 amide bonds. The van der Waals surface area contributed by atoms with Crippen LogP contribution in [0.15, 0.2) is 50.7 Å². The van der Waals surface area contributed by atoms with Crippen molar-refractivity contribution in [2.24, 2.45) is 0 Å². The number of hydrogen-bond donors (Lipinski definition) is 2. The van der Waals surface area contributed by atoms with Crippen molar-refractivity contribution in [2.75, 3.05) is 12.4 Å². The van der Waals surface area contributed by atoms with Crippen LogP contribution in [0.2, 0.25) is 0 Å². The number of nitrogens with one attached hydrogen (secondary N) is 2. The maximum atomic E-state index is 13.2. The zero-order valence-electron chi connectivity index (χ0n) is 11.1. The van der Waals surface area contributed by atoms with Gasteiger partial charge in [-0.3, -0.25) is 4.79 Å². The molecule has 0 radical (unpaired) electrons.